The maximum atomic E-state index is 9.96. The van der Waals surface area contributed by atoms with Gasteiger partial charge in [-0.25, -0.2) is 0 Å². The first kappa shape index (κ1) is 8.49. The summed E-state index contributed by atoms with van der Waals surface area (Å²) in [7, 11) is 0. The summed E-state index contributed by atoms with van der Waals surface area (Å²) in [6, 6.07) is 0.297. The molecule has 4 nitrogen and oxygen atoms in total. The number of hydrogen-bond donors (Lipinski definition) is 2. The van der Waals surface area contributed by atoms with Crippen LogP contribution in [-0.2, 0) is 4.79 Å². The number of amides is 1. The van der Waals surface area contributed by atoms with Crippen LogP contribution in [0.1, 0.15) is 6.92 Å². The molecule has 1 unspecified atom stereocenters. The van der Waals surface area contributed by atoms with Crippen LogP contribution < -0.4 is 5.32 Å². The Morgan fingerprint density at radius 3 is 2.91 bits per heavy atom. The Hall–Kier alpha value is -0.610. The first-order valence-corrected chi connectivity index (χ1v) is 3.82. The first-order chi connectivity index (χ1) is 5.22. The molecule has 1 aliphatic heterocycles. The molecule has 0 spiro atoms. The van der Waals surface area contributed by atoms with E-state index in [1.807, 2.05) is 0 Å². The summed E-state index contributed by atoms with van der Waals surface area (Å²) in [6.45, 7) is 4.20. The van der Waals surface area contributed by atoms with Crippen molar-refractivity contribution >= 4 is 6.41 Å². The zero-order chi connectivity index (χ0) is 8.27. The third-order valence-corrected chi connectivity index (χ3v) is 1.78. The van der Waals surface area contributed by atoms with E-state index in [9.17, 15) is 4.79 Å². The Morgan fingerprint density at radius 2 is 2.45 bits per heavy atom. The molecule has 1 saturated heterocycles. The molecular weight excluding hydrogens is 144 g/mol. The van der Waals surface area contributed by atoms with Gasteiger partial charge in [0.2, 0.25) is 6.41 Å². The molecule has 0 aromatic heterocycles. The fourth-order valence-corrected chi connectivity index (χ4v) is 1.29. The molecule has 0 aliphatic carbocycles. The van der Waals surface area contributed by atoms with Crippen molar-refractivity contribution in [3.05, 3.63) is 0 Å². The molecule has 1 heterocycles. The summed E-state index contributed by atoms with van der Waals surface area (Å²) >= 11 is 0. The van der Waals surface area contributed by atoms with E-state index >= 15 is 0 Å². The zero-order valence-corrected chi connectivity index (χ0v) is 6.66. The van der Waals surface area contributed by atoms with Crippen molar-refractivity contribution < 1.29 is 9.90 Å². The van der Waals surface area contributed by atoms with Crippen molar-refractivity contribution in [2.45, 2.75) is 19.1 Å². The van der Waals surface area contributed by atoms with Crippen LogP contribution in [0.15, 0.2) is 0 Å². The maximum Gasteiger partial charge on any atom is 0.207 e. The molecule has 0 bridgehead atoms. The number of carbonyl (C=O) groups is 1. The molecule has 1 rings (SSSR count). The minimum atomic E-state index is -0.271. The van der Waals surface area contributed by atoms with Gasteiger partial charge in [0.1, 0.15) is 0 Å². The fourth-order valence-electron chi connectivity index (χ4n) is 1.29. The molecule has 0 saturated carbocycles. The first-order valence-electron chi connectivity index (χ1n) is 3.82. The Bertz CT molecular complexity index is 132. The highest BCUT2D eigenvalue weighted by atomic mass is 16.3. The number of aliphatic hydroxyl groups is 1. The maximum absolute atomic E-state index is 9.96. The van der Waals surface area contributed by atoms with Gasteiger partial charge >= 0.3 is 0 Å². The van der Waals surface area contributed by atoms with Crippen molar-refractivity contribution in [1.82, 2.24) is 10.2 Å². The van der Waals surface area contributed by atoms with Gasteiger partial charge in [-0.1, -0.05) is 0 Å². The molecule has 1 amide bonds. The fraction of sp³-hybridized carbons (Fsp3) is 0.857. The van der Waals surface area contributed by atoms with Crippen molar-refractivity contribution in [3.8, 4) is 0 Å². The van der Waals surface area contributed by atoms with Crippen LogP contribution in [0.2, 0.25) is 0 Å². The second-order valence-corrected chi connectivity index (χ2v) is 3.05. The second kappa shape index (κ2) is 3.69. The topological polar surface area (TPSA) is 52.6 Å². The van der Waals surface area contributed by atoms with E-state index in [0.717, 1.165) is 19.5 Å². The van der Waals surface area contributed by atoms with Crippen molar-refractivity contribution in [2.75, 3.05) is 19.6 Å². The van der Waals surface area contributed by atoms with E-state index in [1.54, 1.807) is 6.92 Å². The van der Waals surface area contributed by atoms with Gasteiger partial charge < -0.3 is 10.4 Å². The standard InChI is InChI=1S/C7H14N2O2/c1-6(11)2-9-3-7(4-9)8-5-10/h5-7,11H,2-4H2,1H3,(H,8,10). The molecule has 4 heteroatoms. The van der Waals surface area contributed by atoms with E-state index in [0.29, 0.717) is 12.6 Å². The third-order valence-electron chi connectivity index (χ3n) is 1.78. The Balaban J connectivity index is 2.04. The van der Waals surface area contributed by atoms with Gasteiger partial charge in [-0.2, -0.15) is 0 Å². The summed E-state index contributed by atoms with van der Waals surface area (Å²) in [6.07, 6.45) is 0.455. The number of β-amino-alcohol motifs (C(OH)–C–C–N with tert-alkyl or cyclic N) is 1. The normalized spacial score (nSPS) is 22.4. The highest BCUT2D eigenvalue weighted by Crippen LogP contribution is 2.06. The number of likely N-dealkylation sites (tertiary alicyclic amines) is 1. The van der Waals surface area contributed by atoms with Crippen molar-refractivity contribution in [1.29, 1.82) is 0 Å². The number of hydrogen-bond acceptors (Lipinski definition) is 3. The van der Waals surface area contributed by atoms with Gasteiger partial charge in [0.05, 0.1) is 12.1 Å². The number of nitrogens with one attached hydrogen (secondary N) is 1. The van der Waals surface area contributed by atoms with E-state index in [4.69, 9.17) is 5.11 Å². The summed E-state index contributed by atoms with van der Waals surface area (Å²) in [5.74, 6) is 0. The van der Waals surface area contributed by atoms with Crippen molar-refractivity contribution in [2.24, 2.45) is 0 Å². The van der Waals surface area contributed by atoms with Crippen LogP contribution in [0.3, 0.4) is 0 Å². The lowest BCUT2D eigenvalue weighted by Gasteiger charge is -2.39. The van der Waals surface area contributed by atoms with E-state index < -0.39 is 0 Å². The predicted octanol–water partition coefficient (Wildman–Crippen LogP) is -1.20. The average Bonchev–Trinajstić information content (AvgIpc) is 1.82. The van der Waals surface area contributed by atoms with Crippen molar-refractivity contribution in [3.63, 3.8) is 0 Å². The average molecular weight is 158 g/mol. The molecule has 0 aromatic rings. The van der Waals surface area contributed by atoms with Gasteiger partial charge in [0.25, 0.3) is 0 Å². The lowest BCUT2D eigenvalue weighted by Crippen LogP contribution is -2.58. The van der Waals surface area contributed by atoms with Gasteiger partial charge in [-0.3, -0.25) is 9.69 Å². The Kier molecular flexibility index (Phi) is 2.84. The molecule has 1 atom stereocenters. The molecule has 0 radical (unpaired) electrons. The SMILES string of the molecule is CC(O)CN1CC(NC=O)C1. The molecular formula is C7H14N2O2. The van der Waals surface area contributed by atoms with Crippen LogP contribution in [-0.4, -0.2) is 48.2 Å². The predicted molar refractivity (Wildman–Crippen MR) is 41.1 cm³/mol. The van der Waals surface area contributed by atoms with E-state index in [1.165, 1.54) is 0 Å². The highest BCUT2D eigenvalue weighted by molar-refractivity contribution is 5.47. The van der Waals surface area contributed by atoms with Crippen LogP contribution in [0.25, 0.3) is 0 Å². The van der Waals surface area contributed by atoms with E-state index in [-0.39, 0.29) is 6.10 Å². The lowest BCUT2D eigenvalue weighted by atomic mass is 10.1. The molecule has 0 aromatic carbocycles. The zero-order valence-electron chi connectivity index (χ0n) is 6.66. The lowest BCUT2D eigenvalue weighted by molar-refractivity contribution is -0.111. The van der Waals surface area contributed by atoms with Gasteiger partial charge in [0, 0.05) is 19.6 Å². The molecule has 2 N–H and O–H groups in total. The third kappa shape index (κ3) is 2.48. The van der Waals surface area contributed by atoms with Gasteiger partial charge in [-0.15, -0.1) is 0 Å². The summed E-state index contributed by atoms with van der Waals surface area (Å²) in [5.41, 5.74) is 0. The smallest absolute Gasteiger partial charge is 0.207 e. The minimum absolute atomic E-state index is 0.271. The van der Waals surface area contributed by atoms with Gasteiger partial charge in [0.15, 0.2) is 0 Å². The second-order valence-electron chi connectivity index (χ2n) is 3.05. The Morgan fingerprint density at radius 1 is 1.82 bits per heavy atom. The number of nitrogens with zero attached hydrogens (tertiary/aromatic N) is 1. The van der Waals surface area contributed by atoms with Crippen LogP contribution >= 0.6 is 0 Å². The summed E-state index contributed by atoms with van der Waals surface area (Å²) in [5, 5.41) is 11.7. The van der Waals surface area contributed by atoms with Crippen LogP contribution in [0, 0.1) is 0 Å². The van der Waals surface area contributed by atoms with Crippen LogP contribution in [0.4, 0.5) is 0 Å². The highest BCUT2D eigenvalue weighted by Gasteiger charge is 2.26. The largest absolute Gasteiger partial charge is 0.392 e. The summed E-state index contributed by atoms with van der Waals surface area (Å²) < 4.78 is 0. The minimum Gasteiger partial charge on any atom is -0.392 e. The Labute approximate surface area is 66.2 Å². The number of aliphatic hydroxyl groups excluding tert-OH is 1. The molecule has 1 aliphatic rings. The molecule has 64 valence electrons. The van der Waals surface area contributed by atoms with Crippen LogP contribution in [0.5, 0.6) is 0 Å². The summed E-state index contributed by atoms with van der Waals surface area (Å²) in [4.78, 5) is 12.1. The molecule has 11 heavy (non-hydrogen) atoms. The molecule has 1 fully saturated rings. The number of rotatable bonds is 4. The van der Waals surface area contributed by atoms with E-state index in [2.05, 4.69) is 10.2 Å². The number of carbonyl (C=O) groups excluding carboxylic acids is 1. The quantitative estimate of drug-likeness (QED) is 0.505. The monoisotopic (exact) mass is 158 g/mol. The van der Waals surface area contributed by atoms with Gasteiger partial charge in [-0.05, 0) is 6.92 Å².